The maximum atomic E-state index is 13.5. The molecule has 4 nitrogen and oxygen atoms in total. The van der Waals surface area contributed by atoms with Crippen molar-refractivity contribution < 1.29 is 4.39 Å². The monoisotopic (exact) mass is 300 g/mol. The largest absolute Gasteiger partial charge is 0.356 e. The van der Waals surface area contributed by atoms with Crippen LogP contribution in [0.2, 0.25) is 0 Å². The van der Waals surface area contributed by atoms with Gasteiger partial charge < -0.3 is 10.6 Å². The third-order valence-electron chi connectivity index (χ3n) is 3.32. The Morgan fingerprint density at radius 1 is 1.23 bits per heavy atom. The van der Waals surface area contributed by atoms with E-state index in [0.29, 0.717) is 18.1 Å². The van der Waals surface area contributed by atoms with Gasteiger partial charge in [0.15, 0.2) is 5.96 Å². The van der Waals surface area contributed by atoms with Crippen molar-refractivity contribution in [3.8, 4) is 0 Å². The van der Waals surface area contributed by atoms with Gasteiger partial charge in [0.1, 0.15) is 5.82 Å². The summed E-state index contributed by atoms with van der Waals surface area (Å²) < 4.78 is 13.5. The highest BCUT2D eigenvalue weighted by Crippen LogP contribution is 2.08. The summed E-state index contributed by atoms with van der Waals surface area (Å²) in [5.41, 5.74) is 2.57. The topological polar surface area (TPSA) is 49.3 Å². The molecule has 116 valence electrons. The summed E-state index contributed by atoms with van der Waals surface area (Å²) >= 11 is 0. The minimum Gasteiger partial charge on any atom is -0.356 e. The van der Waals surface area contributed by atoms with Crippen molar-refractivity contribution in [2.75, 3.05) is 13.6 Å². The molecule has 1 aromatic heterocycles. The lowest BCUT2D eigenvalue weighted by Gasteiger charge is -2.12. The van der Waals surface area contributed by atoms with Crippen LogP contribution in [0.5, 0.6) is 0 Å². The van der Waals surface area contributed by atoms with Gasteiger partial charge in [0.05, 0.1) is 0 Å². The average molecular weight is 300 g/mol. The summed E-state index contributed by atoms with van der Waals surface area (Å²) in [5.74, 6) is 0.509. The van der Waals surface area contributed by atoms with Crippen molar-refractivity contribution in [3.63, 3.8) is 0 Å². The van der Waals surface area contributed by atoms with Gasteiger partial charge in [0.2, 0.25) is 0 Å². The average Bonchev–Trinajstić information content (AvgIpc) is 2.55. The van der Waals surface area contributed by atoms with E-state index in [1.54, 1.807) is 32.3 Å². The maximum absolute atomic E-state index is 13.5. The molecule has 0 amide bonds. The lowest BCUT2D eigenvalue weighted by molar-refractivity contribution is 0.615. The first-order valence-electron chi connectivity index (χ1n) is 7.28. The molecule has 1 aromatic carbocycles. The van der Waals surface area contributed by atoms with Gasteiger partial charge in [-0.3, -0.25) is 9.98 Å². The summed E-state index contributed by atoms with van der Waals surface area (Å²) in [5, 5.41) is 6.39. The molecule has 2 N–H and O–H groups in total. The van der Waals surface area contributed by atoms with Gasteiger partial charge in [-0.2, -0.15) is 0 Å². The van der Waals surface area contributed by atoms with Crippen LogP contribution >= 0.6 is 0 Å². The molecule has 22 heavy (non-hydrogen) atoms. The third kappa shape index (κ3) is 4.84. The summed E-state index contributed by atoms with van der Waals surface area (Å²) in [6.45, 7) is 3.02. The van der Waals surface area contributed by atoms with Crippen LogP contribution in [0.3, 0.4) is 0 Å². The third-order valence-corrected chi connectivity index (χ3v) is 3.32. The number of halogens is 1. The normalized spacial score (nSPS) is 11.3. The van der Waals surface area contributed by atoms with Gasteiger partial charge in [-0.05, 0) is 36.2 Å². The number of aromatic nitrogens is 1. The number of guanidine groups is 1. The molecule has 0 bridgehead atoms. The van der Waals surface area contributed by atoms with Crippen LogP contribution in [0, 0.1) is 12.7 Å². The highest BCUT2D eigenvalue weighted by Gasteiger charge is 2.02. The highest BCUT2D eigenvalue weighted by molar-refractivity contribution is 5.79. The van der Waals surface area contributed by atoms with E-state index in [1.807, 2.05) is 24.3 Å². The molecule has 0 aliphatic rings. The smallest absolute Gasteiger partial charge is 0.191 e. The molecule has 0 saturated carbocycles. The second-order valence-electron chi connectivity index (χ2n) is 5.01. The molecule has 0 fully saturated rings. The Labute approximate surface area is 130 Å². The zero-order valence-corrected chi connectivity index (χ0v) is 12.9. The summed E-state index contributed by atoms with van der Waals surface area (Å²) in [6, 6.07) is 11.1. The van der Waals surface area contributed by atoms with Crippen LogP contribution in [0.15, 0.2) is 47.6 Å². The number of rotatable bonds is 5. The zero-order valence-electron chi connectivity index (χ0n) is 12.9. The second kappa shape index (κ2) is 8.12. The number of nitrogens with zero attached hydrogens (tertiary/aromatic N) is 2. The van der Waals surface area contributed by atoms with Crippen molar-refractivity contribution in [1.29, 1.82) is 0 Å². The molecule has 1 heterocycles. The van der Waals surface area contributed by atoms with Gasteiger partial charge in [-0.1, -0.05) is 18.2 Å². The standard InChI is InChI=1S/C17H21FN4/c1-13-6-7-14(11-16(13)18)12-22-17(19-2)21-10-8-15-5-3-4-9-20-15/h3-7,9,11H,8,10,12H2,1-2H3,(H2,19,21,22). The number of aliphatic imine (C=N–C) groups is 1. The van der Waals surface area contributed by atoms with E-state index in [-0.39, 0.29) is 5.82 Å². The maximum Gasteiger partial charge on any atom is 0.191 e. The van der Waals surface area contributed by atoms with Crippen molar-refractivity contribution in [1.82, 2.24) is 15.6 Å². The molecule has 0 atom stereocenters. The van der Waals surface area contributed by atoms with Crippen molar-refractivity contribution in [2.24, 2.45) is 4.99 Å². The first kappa shape index (κ1) is 15.9. The van der Waals surface area contributed by atoms with E-state index >= 15 is 0 Å². The molecule has 0 aliphatic carbocycles. The van der Waals surface area contributed by atoms with Crippen LogP contribution in [0.25, 0.3) is 0 Å². The summed E-state index contributed by atoms with van der Waals surface area (Å²) in [7, 11) is 1.71. The van der Waals surface area contributed by atoms with Gasteiger partial charge >= 0.3 is 0 Å². The number of pyridine rings is 1. The molecule has 2 aromatic rings. The SMILES string of the molecule is CN=C(NCCc1ccccn1)NCc1ccc(C)c(F)c1. The fourth-order valence-corrected chi connectivity index (χ4v) is 2.01. The lowest BCUT2D eigenvalue weighted by atomic mass is 10.1. The van der Waals surface area contributed by atoms with Crippen LogP contribution in [-0.4, -0.2) is 24.5 Å². The second-order valence-corrected chi connectivity index (χ2v) is 5.01. The van der Waals surface area contributed by atoms with Gasteiger partial charge in [-0.15, -0.1) is 0 Å². The van der Waals surface area contributed by atoms with Crippen LogP contribution in [-0.2, 0) is 13.0 Å². The highest BCUT2D eigenvalue weighted by atomic mass is 19.1. The predicted octanol–water partition coefficient (Wildman–Crippen LogP) is 2.44. The van der Waals surface area contributed by atoms with Gasteiger partial charge in [0.25, 0.3) is 0 Å². The minimum atomic E-state index is -0.183. The van der Waals surface area contributed by atoms with E-state index in [4.69, 9.17) is 0 Å². The lowest BCUT2D eigenvalue weighted by Crippen LogP contribution is -2.37. The number of nitrogens with one attached hydrogen (secondary N) is 2. The Morgan fingerprint density at radius 2 is 2.09 bits per heavy atom. The van der Waals surface area contributed by atoms with Crippen molar-refractivity contribution >= 4 is 5.96 Å². The molecule has 0 spiro atoms. The number of hydrogen-bond acceptors (Lipinski definition) is 2. The number of benzene rings is 1. The zero-order chi connectivity index (χ0) is 15.8. The van der Waals surface area contributed by atoms with Crippen LogP contribution in [0.4, 0.5) is 4.39 Å². The Hall–Kier alpha value is -2.43. The van der Waals surface area contributed by atoms with E-state index < -0.39 is 0 Å². The van der Waals surface area contributed by atoms with E-state index in [0.717, 1.165) is 24.2 Å². The molecule has 0 unspecified atom stereocenters. The minimum absolute atomic E-state index is 0.183. The first-order valence-corrected chi connectivity index (χ1v) is 7.28. The van der Waals surface area contributed by atoms with Crippen molar-refractivity contribution in [2.45, 2.75) is 19.9 Å². The van der Waals surface area contributed by atoms with Crippen LogP contribution in [0.1, 0.15) is 16.8 Å². The molecule has 5 heteroatoms. The van der Waals surface area contributed by atoms with E-state index in [2.05, 4.69) is 20.6 Å². The van der Waals surface area contributed by atoms with Gasteiger partial charge in [-0.25, -0.2) is 4.39 Å². The van der Waals surface area contributed by atoms with E-state index in [9.17, 15) is 4.39 Å². The molecular formula is C17H21FN4. The Bertz CT molecular complexity index is 626. The fraction of sp³-hybridized carbons (Fsp3) is 0.294. The molecule has 0 aliphatic heterocycles. The predicted molar refractivity (Wildman–Crippen MR) is 87.3 cm³/mol. The van der Waals surface area contributed by atoms with E-state index in [1.165, 1.54) is 0 Å². The summed E-state index contributed by atoms with van der Waals surface area (Å²) in [4.78, 5) is 8.43. The van der Waals surface area contributed by atoms with Crippen molar-refractivity contribution in [3.05, 3.63) is 65.2 Å². The summed E-state index contributed by atoms with van der Waals surface area (Å²) in [6.07, 6.45) is 2.61. The number of aryl methyl sites for hydroxylation is 1. The quantitative estimate of drug-likeness (QED) is 0.658. The molecule has 2 rings (SSSR count). The Kier molecular flexibility index (Phi) is 5.89. The fourth-order valence-electron chi connectivity index (χ4n) is 2.01. The molecular weight excluding hydrogens is 279 g/mol. The van der Waals surface area contributed by atoms with Gasteiger partial charge in [0, 0.05) is 38.4 Å². The molecule has 0 radical (unpaired) electrons. The van der Waals surface area contributed by atoms with Crippen LogP contribution < -0.4 is 10.6 Å². The number of hydrogen-bond donors (Lipinski definition) is 2. The molecule has 0 saturated heterocycles. The first-order chi connectivity index (χ1) is 10.7. The Balaban J connectivity index is 1.78. The Morgan fingerprint density at radius 3 is 2.77 bits per heavy atom.